The van der Waals surface area contributed by atoms with Gasteiger partial charge in [-0.2, -0.15) is 0 Å². The number of alkyl carbamates (subject to hydrolysis) is 1. The monoisotopic (exact) mass is 381 g/mol. The van der Waals surface area contributed by atoms with Crippen LogP contribution in [0.1, 0.15) is 38.8 Å². The Labute approximate surface area is 167 Å². The van der Waals surface area contributed by atoms with Gasteiger partial charge in [0, 0.05) is 6.54 Å². The lowest BCUT2D eigenvalue weighted by molar-refractivity contribution is 0.00578. The van der Waals surface area contributed by atoms with Crippen molar-refractivity contribution in [1.29, 1.82) is 0 Å². The van der Waals surface area contributed by atoms with Gasteiger partial charge in [-0.1, -0.05) is 54.6 Å². The van der Waals surface area contributed by atoms with Crippen LogP contribution in [0.5, 0.6) is 0 Å². The van der Waals surface area contributed by atoms with Gasteiger partial charge in [0.05, 0.1) is 11.2 Å². The molecule has 0 saturated carbocycles. The van der Waals surface area contributed by atoms with E-state index in [0.717, 1.165) is 16.6 Å². The Hall–Kier alpha value is -2.31. The molecule has 2 aromatic carbocycles. The molecule has 0 radical (unpaired) electrons. The maximum Gasteiger partial charge on any atom is 0.494 e. The molecule has 0 aromatic heterocycles. The molecule has 1 aliphatic heterocycles. The number of nitrogens with one attached hydrogen (secondary N) is 1. The molecule has 6 heteroatoms. The first kappa shape index (κ1) is 20.4. The summed E-state index contributed by atoms with van der Waals surface area (Å²) < 4.78 is 17.4. The average molecular weight is 381 g/mol. The molecule has 1 aliphatic rings. The van der Waals surface area contributed by atoms with E-state index in [-0.39, 0.29) is 24.9 Å². The highest BCUT2D eigenvalue weighted by molar-refractivity contribution is 6.62. The lowest BCUT2D eigenvalue weighted by atomic mass is 9.78. The van der Waals surface area contributed by atoms with Crippen molar-refractivity contribution in [2.24, 2.45) is 0 Å². The summed E-state index contributed by atoms with van der Waals surface area (Å²) in [5.41, 5.74) is 2.33. The summed E-state index contributed by atoms with van der Waals surface area (Å²) in [6, 6.07) is 17.7. The summed E-state index contributed by atoms with van der Waals surface area (Å²) >= 11 is 0. The van der Waals surface area contributed by atoms with Crippen molar-refractivity contribution in [3.63, 3.8) is 0 Å². The fraction of sp³-hybridized carbons (Fsp3) is 0.409. The second-order valence-electron chi connectivity index (χ2n) is 8.07. The van der Waals surface area contributed by atoms with Gasteiger partial charge in [0.15, 0.2) is 0 Å². The van der Waals surface area contributed by atoms with E-state index in [1.54, 1.807) is 0 Å². The van der Waals surface area contributed by atoms with Gasteiger partial charge < -0.3 is 19.4 Å². The normalized spacial score (nSPS) is 17.4. The number of hydrogen-bond acceptors (Lipinski definition) is 4. The molecule has 0 spiro atoms. The van der Waals surface area contributed by atoms with Crippen LogP contribution in [-0.4, -0.2) is 31.0 Å². The third kappa shape index (κ3) is 4.94. The fourth-order valence-electron chi connectivity index (χ4n) is 2.96. The number of carbonyl (C=O) groups is 1. The maximum atomic E-state index is 11.9. The molecule has 28 heavy (non-hydrogen) atoms. The summed E-state index contributed by atoms with van der Waals surface area (Å²) in [4.78, 5) is 11.9. The molecule has 148 valence electrons. The van der Waals surface area contributed by atoms with E-state index >= 15 is 0 Å². The van der Waals surface area contributed by atoms with Gasteiger partial charge in [0.25, 0.3) is 0 Å². The molecule has 0 aliphatic carbocycles. The molecule has 1 heterocycles. The quantitative estimate of drug-likeness (QED) is 0.779. The number of hydrogen-bond donors (Lipinski definition) is 1. The Kier molecular flexibility index (Phi) is 6.11. The summed E-state index contributed by atoms with van der Waals surface area (Å²) in [6.45, 7) is 8.94. The molecule has 5 nitrogen and oxygen atoms in total. The van der Waals surface area contributed by atoms with Crippen LogP contribution in [0, 0.1) is 0 Å². The average Bonchev–Trinajstić information content (AvgIpc) is 2.89. The molecular weight excluding hydrogens is 353 g/mol. The first-order chi connectivity index (χ1) is 13.3. The lowest BCUT2D eigenvalue weighted by Crippen LogP contribution is -2.41. The fourth-order valence-corrected chi connectivity index (χ4v) is 2.96. The smallest absolute Gasteiger partial charge is 0.445 e. The Morgan fingerprint density at radius 2 is 1.61 bits per heavy atom. The number of ether oxygens (including phenoxy) is 1. The number of amides is 1. The highest BCUT2D eigenvalue weighted by Gasteiger charge is 2.51. The lowest BCUT2D eigenvalue weighted by Gasteiger charge is -2.32. The first-order valence-corrected chi connectivity index (χ1v) is 9.66. The van der Waals surface area contributed by atoms with Gasteiger partial charge in [-0.05, 0) is 50.7 Å². The van der Waals surface area contributed by atoms with Crippen LogP contribution in [0.3, 0.4) is 0 Å². The van der Waals surface area contributed by atoms with E-state index in [1.165, 1.54) is 0 Å². The molecule has 1 N–H and O–H groups in total. The zero-order chi connectivity index (χ0) is 20.2. The number of carbonyl (C=O) groups excluding carboxylic acids is 1. The summed E-state index contributed by atoms with van der Waals surface area (Å²) in [7, 11) is -0.381. The van der Waals surface area contributed by atoms with E-state index < -0.39 is 6.09 Å². The second-order valence-corrected chi connectivity index (χ2v) is 8.07. The highest BCUT2D eigenvalue weighted by Crippen LogP contribution is 2.36. The van der Waals surface area contributed by atoms with Crippen molar-refractivity contribution < 1.29 is 18.8 Å². The van der Waals surface area contributed by atoms with E-state index in [4.69, 9.17) is 14.0 Å². The van der Waals surface area contributed by atoms with Crippen molar-refractivity contribution in [3.05, 3.63) is 65.7 Å². The van der Waals surface area contributed by atoms with E-state index in [1.807, 2.05) is 76.2 Å². The maximum absolute atomic E-state index is 11.9. The van der Waals surface area contributed by atoms with Crippen LogP contribution >= 0.6 is 0 Å². The van der Waals surface area contributed by atoms with Crippen LogP contribution in [0.15, 0.2) is 54.6 Å². The molecular formula is C22H28BNO4. The third-order valence-electron chi connectivity index (χ3n) is 5.37. The Morgan fingerprint density at radius 1 is 0.964 bits per heavy atom. The second kappa shape index (κ2) is 8.37. The Morgan fingerprint density at radius 3 is 2.29 bits per heavy atom. The zero-order valence-corrected chi connectivity index (χ0v) is 17.0. The van der Waals surface area contributed by atoms with Gasteiger partial charge in [0.1, 0.15) is 6.61 Å². The third-order valence-corrected chi connectivity index (χ3v) is 5.37. The van der Waals surface area contributed by atoms with Gasteiger partial charge in [-0.15, -0.1) is 0 Å². The van der Waals surface area contributed by atoms with Crippen molar-refractivity contribution in [3.8, 4) is 0 Å². The van der Waals surface area contributed by atoms with Crippen LogP contribution in [0.2, 0.25) is 0 Å². The number of rotatable bonds is 6. The van der Waals surface area contributed by atoms with Crippen LogP contribution in [0.4, 0.5) is 4.79 Å². The highest BCUT2D eigenvalue weighted by atomic mass is 16.7. The molecule has 0 atom stereocenters. The summed E-state index contributed by atoms with van der Waals surface area (Å²) in [5, 5.41) is 2.79. The van der Waals surface area contributed by atoms with Gasteiger partial charge >= 0.3 is 13.2 Å². The van der Waals surface area contributed by atoms with E-state index in [2.05, 4.69) is 11.4 Å². The minimum atomic E-state index is -0.411. The largest absolute Gasteiger partial charge is 0.494 e. The van der Waals surface area contributed by atoms with Crippen LogP contribution in [-0.2, 0) is 27.1 Å². The molecule has 3 rings (SSSR count). The summed E-state index contributed by atoms with van der Waals surface area (Å²) in [6.07, 6.45) is 0.291. The molecule has 2 aromatic rings. The molecule has 1 fully saturated rings. The van der Waals surface area contributed by atoms with Gasteiger partial charge in [0.2, 0.25) is 0 Å². The molecule has 1 amide bonds. The standard InChI is InChI=1S/C22H28BNO4/c1-21(2)22(3,4)28-23(27-21)19-12-8-11-17(15-19)13-14-24-20(25)26-16-18-9-6-5-7-10-18/h5-12,15H,13-14,16H2,1-4H3,(H,24,25). The van der Waals surface area contributed by atoms with Gasteiger partial charge in [-0.25, -0.2) is 4.79 Å². The van der Waals surface area contributed by atoms with Crippen molar-refractivity contribution in [1.82, 2.24) is 5.32 Å². The topological polar surface area (TPSA) is 56.8 Å². The minimum absolute atomic E-state index is 0.268. The van der Waals surface area contributed by atoms with Crippen molar-refractivity contribution >= 4 is 18.7 Å². The zero-order valence-electron chi connectivity index (χ0n) is 17.0. The van der Waals surface area contributed by atoms with E-state index in [0.29, 0.717) is 13.0 Å². The Bertz CT molecular complexity index is 791. The Balaban J connectivity index is 1.48. The van der Waals surface area contributed by atoms with Gasteiger partial charge in [-0.3, -0.25) is 0 Å². The number of benzene rings is 2. The summed E-state index contributed by atoms with van der Waals surface area (Å²) in [5.74, 6) is 0. The van der Waals surface area contributed by atoms with Crippen molar-refractivity contribution in [2.45, 2.75) is 51.9 Å². The molecule has 0 unspecified atom stereocenters. The van der Waals surface area contributed by atoms with Crippen molar-refractivity contribution in [2.75, 3.05) is 6.54 Å². The van der Waals surface area contributed by atoms with Crippen LogP contribution in [0.25, 0.3) is 0 Å². The molecule has 0 bridgehead atoms. The predicted octanol–water partition coefficient (Wildman–Crippen LogP) is 3.45. The minimum Gasteiger partial charge on any atom is -0.445 e. The molecule has 1 saturated heterocycles. The first-order valence-electron chi connectivity index (χ1n) is 9.66. The van der Waals surface area contributed by atoms with E-state index in [9.17, 15) is 4.79 Å². The van der Waals surface area contributed by atoms with Crippen LogP contribution < -0.4 is 10.8 Å². The SMILES string of the molecule is CC1(C)OB(c2cccc(CCNC(=O)OCc3ccccc3)c2)OC1(C)C. The predicted molar refractivity (Wildman–Crippen MR) is 110 cm³/mol.